The first-order valence-electron chi connectivity index (χ1n) is 6.82. The van der Waals surface area contributed by atoms with Crippen LogP contribution in [0.4, 0.5) is 0 Å². The van der Waals surface area contributed by atoms with E-state index < -0.39 is 5.54 Å². The van der Waals surface area contributed by atoms with Gasteiger partial charge in [0, 0.05) is 11.8 Å². The Kier molecular flexibility index (Phi) is 4.54. The molecule has 1 fully saturated rings. The Balaban J connectivity index is 1.95. The zero-order valence-corrected chi connectivity index (χ0v) is 12.6. The van der Waals surface area contributed by atoms with Crippen LogP contribution in [0.15, 0.2) is 9.95 Å². The topological polar surface area (TPSA) is 106 Å². The van der Waals surface area contributed by atoms with Crippen LogP contribution in [0.5, 0.6) is 0 Å². The average Bonchev–Trinajstić information content (AvgIpc) is 3.15. The summed E-state index contributed by atoms with van der Waals surface area (Å²) >= 11 is 1.48. The SMILES string of the molecule is CCNC(C)(CCSc1n[nH]c(=O)n1C1CC1)C(N)=O. The van der Waals surface area contributed by atoms with E-state index in [9.17, 15) is 9.59 Å². The van der Waals surface area contributed by atoms with Gasteiger partial charge in [0.2, 0.25) is 5.91 Å². The van der Waals surface area contributed by atoms with Crippen molar-refractivity contribution < 1.29 is 4.79 Å². The number of thioether (sulfide) groups is 1. The summed E-state index contributed by atoms with van der Waals surface area (Å²) in [5.41, 5.74) is 4.57. The van der Waals surface area contributed by atoms with E-state index in [1.807, 2.05) is 6.92 Å². The van der Waals surface area contributed by atoms with E-state index >= 15 is 0 Å². The van der Waals surface area contributed by atoms with Crippen LogP contribution >= 0.6 is 11.8 Å². The van der Waals surface area contributed by atoms with E-state index in [4.69, 9.17) is 5.73 Å². The minimum atomic E-state index is -0.719. The standard InChI is InChI=1S/C12H21N5O2S/c1-3-14-12(2,9(13)18)6-7-20-11-16-15-10(19)17(11)8-4-5-8/h8,14H,3-7H2,1-2H3,(H2,13,18)(H,15,19). The molecule has 1 atom stereocenters. The number of nitrogens with two attached hydrogens (primary N) is 1. The van der Waals surface area contributed by atoms with E-state index in [0.29, 0.717) is 29.9 Å². The highest BCUT2D eigenvalue weighted by atomic mass is 32.2. The summed E-state index contributed by atoms with van der Waals surface area (Å²) in [6, 6.07) is 0.292. The van der Waals surface area contributed by atoms with Crippen molar-refractivity contribution in [2.45, 2.75) is 49.8 Å². The van der Waals surface area contributed by atoms with Crippen LogP contribution in [-0.2, 0) is 4.79 Å². The maximum absolute atomic E-state index is 11.6. The predicted molar refractivity (Wildman–Crippen MR) is 77.7 cm³/mol. The molecule has 1 aromatic heterocycles. The molecule has 0 radical (unpaired) electrons. The lowest BCUT2D eigenvalue weighted by Crippen LogP contribution is -2.53. The molecule has 0 bridgehead atoms. The number of nitrogens with one attached hydrogen (secondary N) is 2. The van der Waals surface area contributed by atoms with Crippen LogP contribution < -0.4 is 16.7 Å². The van der Waals surface area contributed by atoms with Crippen molar-refractivity contribution in [3.05, 3.63) is 10.5 Å². The molecule has 112 valence electrons. The smallest absolute Gasteiger partial charge is 0.344 e. The van der Waals surface area contributed by atoms with Crippen molar-refractivity contribution in [3.8, 4) is 0 Å². The third kappa shape index (κ3) is 3.24. The zero-order chi connectivity index (χ0) is 14.8. The molecule has 0 aromatic carbocycles. The second-order valence-electron chi connectivity index (χ2n) is 5.24. The quantitative estimate of drug-likeness (QED) is 0.596. The number of carbonyl (C=O) groups excluding carboxylic acids is 1. The molecule has 1 aliphatic carbocycles. The molecule has 20 heavy (non-hydrogen) atoms. The monoisotopic (exact) mass is 299 g/mol. The number of likely N-dealkylation sites (N-methyl/N-ethyl adjacent to an activating group) is 1. The van der Waals surface area contributed by atoms with E-state index in [-0.39, 0.29) is 11.6 Å². The van der Waals surface area contributed by atoms with Crippen LogP contribution in [0.2, 0.25) is 0 Å². The molecule has 1 unspecified atom stereocenters. The number of aromatic nitrogens is 3. The highest BCUT2D eigenvalue weighted by Crippen LogP contribution is 2.36. The lowest BCUT2D eigenvalue weighted by atomic mass is 9.98. The van der Waals surface area contributed by atoms with Gasteiger partial charge in [-0.2, -0.15) is 0 Å². The van der Waals surface area contributed by atoms with Gasteiger partial charge in [-0.3, -0.25) is 9.36 Å². The fraction of sp³-hybridized carbons (Fsp3) is 0.750. The molecule has 1 aliphatic rings. The van der Waals surface area contributed by atoms with E-state index in [1.165, 1.54) is 11.8 Å². The first kappa shape index (κ1) is 15.1. The largest absolute Gasteiger partial charge is 0.368 e. The van der Waals surface area contributed by atoms with Crippen LogP contribution in [0.3, 0.4) is 0 Å². The first-order valence-corrected chi connectivity index (χ1v) is 7.81. The Labute approximate surface area is 121 Å². The van der Waals surface area contributed by atoms with E-state index in [2.05, 4.69) is 15.5 Å². The summed E-state index contributed by atoms with van der Waals surface area (Å²) in [6.07, 6.45) is 2.65. The highest BCUT2D eigenvalue weighted by molar-refractivity contribution is 7.99. The Hall–Kier alpha value is -1.28. The molecule has 1 heterocycles. The van der Waals surface area contributed by atoms with Crippen molar-refractivity contribution in [2.75, 3.05) is 12.3 Å². The maximum Gasteiger partial charge on any atom is 0.344 e. The van der Waals surface area contributed by atoms with Gasteiger partial charge in [0.25, 0.3) is 0 Å². The maximum atomic E-state index is 11.6. The molecule has 2 rings (SSSR count). The van der Waals surface area contributed by atoms with Gasteiger partial charge in [-0.15, -0.1) is 5.10 Å². The van der Waals surface area contributed by atoms with Gasteiger partial charge in [0.1, 0.15) is 0 Å². The average molecular weight is 299 g/mol. The fourth-order valence-corrected chi connectivity index (χ4v) is 3.26. The molecule has 7 nitrogen and oxygen atoms in total. The molecule has 0 aliphatic heterocycles. The van der Waals surface area contributed by atoms with Crippen molar-refractivity contribution in [1.82, 2.24) is 20.1 Å². The molecular formula is C12H21N5O2S. The second-order valence-corrected chi connectivity index (χ2v) is 6.30. The Morgan fingerprint density at radius 3 is 2.90 bits per heavy atom. The number of nitrogens with zero attached hydrogens (tertiary/aromatic N) is 2. The molecule has 8 heteroatoms. The number of carbonyl (C=O) groups is 1. The van der Waals surface area contributed by atoms with Crippen LogP contribution in [-0.4, -0.2) is 38.5 Å². The van der Waals surface area contributed by atoms with Crippen molar-refractivity contribution in [2.24, 2.45) is 5.73 Å². The third-order valence-electron chi connectivity index (χ3n) is 3.53. The van der Waals surface area contributed by atoms with E-state index in [0.717, 1.165) is 12.8 Å². The highest BCUT2D eigenvalue weighted by Gasteiger charge is 2.31. The van der Waals surface area contributed by atoms with E-state index in [1.54, 1.807) is 11.5 Å². The van der Waals surface area contributed by atoms with Gasteiger partial charge < -0.3 is 11.1 Å². The number of aromatic amines is 1. The third-order valence-corrected chi connectivity index (χ3v) is 4.48. The number of hydrogen-bond donors (Lipinski definition) is 3. The predicted octanol–water partition coefficient (Wildman–Crippen LogP) is 0.242. The van der Waals surface area contributed by atoms with Gasteiger partial charge >= 0.3 is 5.69 Å². The summed E-state index contributed by atoms with van der Waals surface area (Å²) in [5, 5.41) is 10.3. The first-order chi connectivity index (χ1) is 9.48. The van der Waals surface area contributed by atoms with Crippen LogP contribution in [0.1, 0.15) is 39.2 Å². The molecule has 1 amide bonds. The summed E-state index contributed by atoms with van der Waals surface area (Å²) < 4.78 is 1.71. The summed E-state index contributed by atoms with van der Waals surface area (Å²) in [7, 11) is 0. The normalized spacial score (nSPS) is 17.9. The van der Waals surface area contributed by atoms with Crippen molar-refractivity contribution >= 4 is 17.7 Å². The Morgan fingerprint density at radius 1 is 1.65 bits per heavy atom. The zero-order valence-electron chi connectivity index (χ0n) is 11.8. The van der Waals surface area contributed by atoms with Gasteiger partial charge in [0.15, 0.2) is 5.16 Å². The summed E-state index contributed by atoms with van der Waals surface area (Å²) in [4.78, 5) is 23.2. The molecule has 0 saturated heterocycles. The van der Waals surface area contributed by atoms with Crippen molar-refractivity contribution in [1.29, 1.82) is 0 Å². The summed E-state index contributed by atoms with van der Waals surface area (Å²) in [5.74, 6) is 0.310. The van der Waals surface area contributed by atoms with Gasteiger partial charge in [0.05, 0.1) is 5.54 Å². The van der Waals surface area contributed by atoms with Gasteiger partial charge in [-0.1, -0.05) is 18.7 Å². The van der Waals surface area contributed by atoms with Crippen LogP contribution in [0.25, 0.3) is 0 Å². The fourth-order valence-electron chi connectivity index (χ4n) is 2.08. The number of rotatable bonds is 8. The minimum absolute atomic E-state index is 0.153. The van der Waals surface area contributed by atoms with Crippen molar-refractivity contribution in [3.63, 3.8) is 0 Å². The van der Waals surface area contributed by atoms with Gasteiger partial charge in [-0.25, -0.2) is 9.89 Å². The number of H-pyrrole nitrogens is 1. The molecule has 1 aromatic rings. The molecule has 0 spiro atoms. The minimum Gasteiger partial charge on any atom is -0.368 e. The van der Waals surface area contributed by atoms with Crippen LogP contribution in [0, 0.1) is 0 Å². The number of hydrogen-bond acceptors (Lipinski definition) is 5. The second kappa shape index (κ2) is 6.01. The Morgan fingerprint density at radius 2 is 2.35 bits per heavy atom. The lowest BCUT2D eigenvalue weighted by molar-refractivity contribution is -0.123. The summed E-state index contributed by atoms with van der Waals surface area (Å²) in [6.45, 7) is 4.42. The molecular weight excluding hydrogens is 278 g/mol. The lowest BCUT2D eigenvalue weighted by Gasteiger charge is -2.26. The molecule has 1 saturated carbocycles. The number of primary amides is 1. The number of amides is 1. The van der Waals surface area contributed by atoms with Gasteiger partial charge in [-0.05, 0) is 32.7 Å². The molecule has 4 N–H and O–H groups in total. The Bertz CT molecular complexity index is 536.